The maximum atomic E-state index is 2.27. The first kappa shape index (κ1) is 105. The molecule has 0 nitrogen and oxygen atoms in total. The fourth-order valence-corrected chi connectivity index (χ4v) is 6.22. The van der Waals surface area contributed by atoms with E-state index in [1.807, 2.05) is 111 Å². The average molecular weight is 1220 g/mol. The maximum absolute atomic E-state index is 2.27. The van der Waals surface area contributed by atoms with Crippen LogP contribution in [-0.4, -0.2) is 0 Å². The number of aryl methyl sites for hydroxylation is 18. The van der Waals surface area contributed by atoms with E-state index in [0.29, 0.717) is 0 Å². The normalized spacial score (nSPS) is 8.13. The van der Waals surface area contributed by atoms with Crippen molar-refractivity contribution in [3.63, 3.8) is 0 Å². The zero-order chi connectivity index (χ0) is 72.1. The number of hydrogen-bond donors (Lipinski definition) is 0. The molecular weight excluding hydrogens is 1070 g/mol. The lowest BCUT2D eigenvalue weighted by Gasteiger charge is -2.07. The van der Waals surface area contributed by atoms with Crippen LogP contribution in [0.4, 0.5) is 0 Å². The van der Waals surface area contributed by atoms with Crippen molar-refractivity contribution in [1.29, 1.82) is 0 Å². The molecule has 508 valence electrons. The second-order valence-corrected chi connectivity index (χ2v) is 19.8. The van der Waals surface area contributed by atoms with Gasteiger partial charge in [0, 0.05) is 0 Å². The van der Waals surface area contributed by atoms with Gasteiger partial charge in [0.05, 0.1) is 0 Å². The summed E-state index contributed by atoms with van der Waals surface area (Å²) >= 11 is 0. The minimum Gasteiger partial charge on any atom is -0.0683 e. The summed E-state index contributed by atoms with van der Waals surface area (Å²) in [6.45, 7) is 83.3. The minimum atomic E-state index is 1.25. The third-order valence-corrected chi connectivity index (χ3v) is 12.3. The number of fused-ring (bicyclic) bond motifs is 1. The molecule has 0 heteroatoms. The first-order valence-electron chi connectivity index (χ1n) is 35.1. The van der Waals surface area contributed by atoms with Crippen molar-refractivity contribution in [2.45, 2.75) is 296 Å². The Morgan fingerprint density at radius 1 is 0.146 bits per heavy atom. The fourth-order valence-electron chi connectivity index (χ4n) is 6.22. The van der Waals surface area contributed by atoms with Crippen LogP contribution in [0.1, 0.15) is 272 Å². The lowest BCUT2D eigenvalue weighted by molar-refractivity contribution is 1.09. The largest absolute Gasteiger partial charge is 0.0683 e. The van der Waals surface area contributed by atoms with Gasteiger partial charge >= 0.3 is 0 Å². The summed E-state index contributed by atoms with van der Waals surface area (Å²) in [5.74, 6) is 0. The molecule has 0 saturated carbocycles. The SMILES string of the molecule is CC.CC.CC.CC.CC.CC.CC.CC.CCC.CCC.CCC.Cc1cc(C)c(C)cc1C.Cc1cc2cc(C)c(C)cc2cc1C.Cc1ccccc1C.Cc1ccccc1C.Cc1ccccc1C.Cc1ccccc1C.Cc1ccccc1C. The van der Waals surface area contributed by atoms with Gasteiger partial charge in [0.2, 0.25) is 0 Å². The van der Waals surface area contributed by atoms with Crippen molar-refractivity contribution < 1.29 is 0 Å². The first-order valence-corrected chi connectivity index (χ1v) is 35.1. The highest BCUT2D eigenvalue weighted by Crippen LogP contribution is 2.23. The molecule has 8 aromatic carbocycles. The summed E-state index contributed by atoms with van der Waals surface area (Å²) in [4.78, 5) is 0. The molecule has 89 heavy (non-hydrogen) atoms. The highest BCUT2D eigenvalue weighted by molar-refractivity contribution is 5.85. The molecule has 0 radical (unpaired) electrons. The zero-order valence-corrected chi connectivity index (χ0v) is 67.1. The molecule has 0 aliphatic carbocycles. The van der Waals surface area contributed by atoms with Crippen molar-refractivity contribution >= 4 is 10.8 Å². The Morgan fingerprint density at radius 3 is 0.303 bits per heavy atom. The molecule has 0 aromatic heterocycles. The monoisotopic (exact) mass is 1220 g/mol. The quantitative estimate of drug-likeness (QED) is 0.142. The summed E-state index contributed by atoms with van der Waals surface area (Å²) in [5.41, 5.74) is 24.8. The Bertz CT molecular complexity index is 2180. The van der Waals surface area contributed by atoms with Crippen LogP contribution in [0.3, 0.4) is 0 Å². The van der Waals surface area contributed by atoms with Crippen LogP contribution in [0, 0.1) is 125 Å². The summed E-state index contributed by atoms with van der Waals surface area (Å²) < 4.78 is 0. The van der Waals surface area contributed by atoms with Gasteiger partial charge in [0.25, 0.3) is 0 Å². The molecule has 8 rings (SSSR count). The second-order valence-electron chi connectivity index (χ2n) is 19.8. The van der Waals surface area contributed by atoms with Crippen LogP contribution in [0.2, 0.25) is 0 Å². The molecule has 0 heterocycles. The van der Waals surface area contributed by atoms with Gasteiger partial charge in [-0.1, -0.05) is 329 Å². The van der Waals surface area contributed by atoms with Gasteiger partial charge in [-0.15, -0.1) is 0 Å². The molecule has 0 unspecified atom stereocenters. The fraction of sp³-hybridized carbons (Fsp3) is 0.483. The number of hydrogen-bond acceptors (Lipinski definition) is 0. The van der Waals surface area contributed by atoms with E-state index in [1.54, 1.807) is 0 Å². The highest BCUT2D eigenvalue weighted by atomic mass is 14.1. The van der Waals surface area contributed by atoms with Gasteiger partial charge in [0.15, 0.2) is 0 Å². The van der Waals surface area contributed by atoms with Crippen LogP contribution in [0.5, 0.6) is 0 Å². The highest BCUT2D eigenvalue weighted by Gasteiger charge is 2.01. The van der Waals surface area contributed by atoms with E-state index in [2.05, 4.69) is 324 Å². The van der Waals surface area contributed by atoms with E-state index >= 15 is 0 Å². The van der Waals surface area contributed by atoms with Gasteiger partial charge in [-0.05, 0) is 236 Å². The Balaban J connectivity index is -0.0000000970. The first-order chi connectivity index (χ1) is 42.4. The molecule has 8 aromatic rings. The Hall–Kier alpha value is -5.98. The smallest absolute Gasteiger partial charge is 0.0178 e. The average Bonchev–Trinajstić information content (AvgIpc) is 3.09. The van der Waals surface area contributed by atoms with E-state index in [4.69, 9.17) is 0 Å². The topological polar surface area (TPSA) is 0 Å². The van der Waals surface area contributed by atoms with Crippen molar-refractivity contribution in [2.24, 2.45) is 0 Å². The summed E-state index contributed by atoms with van der Waals surface area (Å²) in [6, 6.07) is 55.4. The molecule has 0 aliphatic heterocycles. The van der Waals surface area contributed by atoms with Gasteiger partial charge in [-0.2, -0.15) is 0 Å². The van der Waals surface area contributed by atoms with E-state index in [9.17, 15) is 0 Å². The van der Waals surface area contributed by atoms with Gasteiger partial charge in [-0.25, -0.2) is 0 Å². The van der Waals surface area contributed by atoms with Crippen LogP contribution >= 0.6 is 0 Å². The molecule has 0 N–H and O–H groups in total. The Morgan fingerprint density at radius 2 is 0.225 bits per heavy atom. The summed E-state index contributed by atoms with van der Waals surface area (Å²) in [7, 11) is 0. The lowest BCUT2D eigenvalue weighted by Crippen LogP contribution is -1.86. The number of benzene rings is 8. The molecule has 0 atom stereocenters. The maximum Gasteiger partial charge on any atom is -0.0178 e. The van der Waals surface area contributed by atoms with Crippen molar-refractivity contribution in [3.05, 3.63) is 258 Å². The Kier molecular flexibility index (Phi) is 91.9. The summed E-state index contributed by atoms with van der Waals surface area (Å²) in [5, 5.41) is 2.72. The minimum absolute atomic E-state index is 1.25. The van der Waals surface area contributed by atoms with E-state index < -0.39 is 0 Å². The molecule has 0 amide bonds. The van der Waals surface area contributed by atoms with Crippen molar-refractivity contribution in [1.82, 2.24) is 0 Å². The van der Waals surface area contributed by atoms with Crippen LogP contribution in [-0.2, 0) is 0 Å². The predicted molar refractivity (Wildman–Crippen MR) is 427 cm³/mol. The van der Waals surface area contributed by atoms with Crippen LogP contribution in [0.25, 0.3) is 10.8 Å². The lowest BCUT2D eigenvalue weighted by atomic mass is 9.98. The van der Waals surface area contributed by atoms with Gasteiger partial charge < -0.3 is 0 Å². The molecule has 0 aliphatic rings. The molecule has 0 spiro atoms. The van der Waals surface area contributed by atoms with Crippen molar-refractivity contribution in [2.75, 3.05) is 0 Å². The third kappa shape index (κ3) is 60.7. The van der Waals surface area contributed by atoms with Gasteiger partial charge in [-0.3, -0.25) is 0 Å². The van der Waals surface area contributed by atoms with E-state index in [1.165, 1.54) is 130 Å². The molecule has 0 bridgehead atoms. The Labute approximate surface area is 561 Å². The molecule has 0 fully saturated rings. The second kappa shape index (κ2) is 78.1. The van der Waals surface area contributed by atoms with Crippen molar-refractivity contribution in [3.8, 4) is 0 Å². The van der Waals surface area contributed by atoms with Crippen LogP contribution in [0.15, 0.2) is 158 Å². The molecule has 0 saturated heterocycles. The third-order valence-electron chi connectivity index (χ3n) is 12.3. The van der Waals surface area contributed by atoms with E-state index in [-0.39, 0.29) is 0 Å². The number of rotatable bonds is 0. The predicted octanol–water partition coefficient (Wildman–Crippen LogP) is 31.0. The molecular formula is C89H152. The van der Waals surface area contributed by atoms with Crippen LogP contribution < -0.4 is 0 Å². The standard InChI is InChI=1S/C14H16.C10H14.5C8H10.3C3H8.8C2H6/c1-9-5-13-7-11(3)12(4)8-14(13)6-10(9)2;1-7-5-9(3)10(4)6-8(7)2;5*1-7-5-3-4-6-8(7)2;3*1-3-2;8*1-2/h5-8H,1-4H3;5-6H,1-4H3;5*3-6H,1-2H3;3*3H2,1-2H3;8*1-2H3. The van der Waals surface area contributed by atoms with E-state index in [0.717, 1.165) is 0 Å². The summed E-state index contributed by atoms with van der Waals surface area (Å²) in [6.07, 6.45) is 3.75. The zero-order valence-electron chi connectivity index (χ0n) is 67.1. The van der Waals surface area contributed by atoms with Gasteiger partial charge in [0.1, 0.15) is 0 Å².